The minimum Gasteiger partial charge on any atom is -0.247 e. The Bertz CT molecular complexity index is 314. The van der Waals surface area contributed by atoms with Gasteiger partial charge in [-0.2, -0.15) is 0 Å². The molecule has 3 unspecified atom stereocenters. The van der Waals surface area contributed by atoms with E-state index in [1.54, 1.807) is 0 Å². The lowest BCUT2D eigenvalue weighted by atomic mass is 9.65. The third-order valence-corrected chi connectivity index (χ3v) is 6.87. The minimum absolute atomic E-state index is 0.351. The lowest BCUT2D eigenvalue weighted by molar-refractivity contribution is 0.0490. The van der Waals surface area contributed by atoms with E-state index in [4.69, 9.17) is 0 Å². The SMILES string of the molecule is CC1CCC(C2CCC(C3CCC(F)CC3)CC2)C(F)C1. The van der Waals surface area contributed by atoms with Gasteiger partial charge in [-0.15, -0.1) is 0 Å². The predicted molar refractivity (Wildman–Crippen MR) is 83.7 cm³/mol. The van der Waals surface area contributed by atoms with Crippen molar-refractivity contribution in [1.82, 2.24) is 0 Å². The second-order valence-electron chi connectivity index (χ2n) is 8.28. The third kappa shape index (κ3) is 3.79. The monoisotopic (exact) mass is 298 g/mol. The molecule has 3 atom stereocenters. The Morgan fingerprint density at radius 2 is 1.14 bits per heavy atom. The average Bonchev–Trinajstić information content (AvgIpc) is 2.48. The maximum Gasteiger partial charge on any atom is 0.103 e. The van der Waals surface area contributed by atoms with Gasteiger partial charge in [0.15, 0.2) is 0 Å². The number of hydrogen-bond donors (Lipinski definition) is 0. The maximum absolute atomic E-state index is 14.3. The van der Waals surface area contributed by atoms with Crippen molar-refractivity contribution in [2.45, 2.75) is 89.9 Å². The number of alkyl halides is 2. The lowest BCUT2D eigenvalue weighted by Gasteiger charge is -2.41. The van der Waals surface area contributed by atoms with Crippen LogP contribution in [0.4, 0.5) is 8.78 Å². The van der Waals surface area contributed by atoms with Crippen LogP contribution in [0, 0.1) is 29.6 Å². The molecule has 2 heteroatoms. The van der Waals surface area contributed by atoms with Gasteiger partial charge in [0.2, 0.25) is 0 Å². The Labute approximate surface area is 129 Å². The fraction of sp³-hybridized carbons (Fsp3) is 1.00. The van der Waals surface area contributed by atoms with Crippen molar-refractivity contribution >= 4 is 0 Å². The van der Waals surface area contributed by atoms with Gasteiger partial charge in [0.05, 0.1) is 0 Å². The van der Waals surface area contributed by atoms with Gasteiger partial charge in [0.25, 0.3) is 0 Å². The second kappa shape index (κ2) is 6.96. The summed E-state index contributed by atoms with van der Waals surface area (Å²) in [4.78, 5) is 0. The van der Waals surface area contributed by atoms with Crippen molar-refractivity contribution in [2.75, 3.05) is 0 Å². The second-order valence-corrected chi connectivity index (χ2v) is 8.28. The van der Waals surface area contributed by atoms with E-state index in [1.807, 2.05) is 0 Å². The Hall–Kier alpha value is -0.140. The van der Waals surface area contributed by atoms with Gasteiger partial charge in [-0.25, -0.2) is 8.78 Å². The molecule has 0 aromatic carbocycles. The largest absolute Gasteiger partial charge is 0.247 e. The highest BCUT2D eigenvalue weighted by Gasteiger charge is 2.38. The Kier molecular flexibility index (Phi) is 5.22. The third-order valence-electron chi connectivity index (χ3n) is 6.87. The molecule has 0 bridgehead atoms. The van der Waals surface area contributed by atoms with E-state index in [0.29, 0.717) is 17.8 Å². The van der Waals surface area contributed by atoms with E-state index in [9.17, 15) is 8.78 Å². The highest BCUT2D eigenvalue weighted by molar-refractivity contribution is 4.88. The summed E-state index contributed by atoms with van der Waals surface area (Å²) < 4.78 is 27.6. The molecule has 3 rings (SSSR count). The first-order valence-electron chi connectivity index (χ1n) is 9.41. The van der Waals surface area contributed by atoms with Crippen molar-refractivity contribution in [2.24, 2.45) is 29.6 Å². The summed E-state index contributed by atoms with van der Waals surface area (Å²) in [7, 11) is 0. The molecule has 3 aliphatic carbocycles. The van der Waals surface area contributed by atoms with Crippen LogP contribution in [0.1, 0.15) is 77.6 Å². The summed E-state index contributed by atoms with van der Waals surface area (Å²) in [6, 6.07) is 0. The predicted octanol–water partition coefficient (Wildman–Crippen LogP) is 6.10. The van der Waals surface area contributed by atoms with Gasteiger partial charge in [0, 0.05) is 0 Å². The lowest BCUT2D eigenvalue weighted by Crippen LogP contribution is -2.34. The average molecular weight is 298 g/mol. The molecular formula is C19H32F2. The molecule has 3 fully saturated rings. The first kappa shape index (κ1) is 15.7. The molecule has 0 radical (unpaired) electrons. The van der Waals surface area contributed by atoms with Crippen LogP contribution in [-0.2, 0) is 0 Å². The molecule has 0 nitrogen and oxygen atoms in total. The normalized spacial score (nSPS) is 49.0. The molecule has 122 valence electrons. The van der Waals surface area contributed by atoms with Crippen LogP contribution in [0.15, 0.2) is 0 Å². The molecule has 0 amide bonds. The van der Waals surface area contributed by atoms with E-state index in [1.165, 1.54) is 32.1 Å². The standard InChI is InChI=1S/C19H32F2/c1-13-2-11-18(19(21)12-13)16-5-3-14(4-6-16)15-7-9-17(20)10-8-15/h13-19H,2-12H2,1H3. The summed E-state index contributed by atoms with van der Waals surface area (Å²) in [6.45, 7) is 2.20. The summed E-state index contributed by atoms with van der Waals surface area (Å²) in [6.07, 6.45) is 10.9. The number of rotatable bonds is 2. The van der Waals surface area contributed by atoms with Gasteiger partial charge >= 0.3 is 0 Å². The molecule has 0 aromatic heterocycles. The summed E-state index contributed by atoms with van der Waals surface area (Å²) in [5, 5.41) is 0. The van der Waals surface area contributed by atoms with Gasteiger partial charge in [-0.1, -0.05) is 13.3 Å². The Morgan fingerprint density at radius 1 is 0.619 bits per heavy atom. The quantitative estimate of drug-likeness (QED) is 0.578. The first-order valence-corrected chi connectivity index (χ1v) is 9.41. The van der Waals surface area contributed by atoms with Crippen LogP contribution in [-0.4, -0.2) is 12.3 Å². The molecule has 3 saturated carbocycles. The molecule has 0 heterocycles. The van der Waals surface area contributed by atoms with Crippen LogP contribution in [0.2, 0.25) is 0 Å². The zero-order chi connectivity index (χ0) is 14.8. The molecule has 21 heavy (non-hydrogen) atoms. The molecule has 0 spiro atoms. The van der Waals surface area contributed by atoms with E-state index < -0.39 is 12.3 Å². The smallest absolute Gasteiger partial charge is 0.103 e. The van der Waals surface area contributed by atoms with Crippen LogP contribution in [0.25, 0.3) is 0 Å². The number of halogens is 2. The molecule has 0 N–H and O–H groups in total. The van der Waals surface area contributed by atoms with Gasteiger partial charge in [-0.05, 0) is 93.8 Å². The summed E-state index contributed by atoms with van der Waals surface area (Å²) in [5.41, 5.74) is 0. The molecule has 3 aliphatic rings. The van der Waals surface area contributed by atoms with Crippen molar-refractivity contribution in [1.29, 1.82) is 0 Å². The van der Waals surface area contributed by atoms with Crippen molar-refractivity contribution in [3.05, 3.63) is 0 Å². The number of hydrogen-bond acceptors (Lipinski definition) is 0. The first-order chi connectivity index (χ1) is 10.1. The Balaban J connectivity index is 1.46. The topological polar surface area (TPSA) is 0 Å². The van der Waals surface area contributed by atoms with E-state index >= 15 is 0 Å². The van der Waals surface area contributed by atoms with Crippen LogP contribution >= 0.6 is 0 Å². The zero-order valence-electron chi connectivity index (χ0n) is 13.6. The minimum atomic E-state index is -0.544. The van der Waals surface area contributed by atoms with Crippen molar-refractivity contribution in [3.63, 3.8) is 0 Å². The zero-order valence-corrected chi connectivity index (χ0v) is 13.6. The van der Waals surface area contributed by atoms with Crippen molar-refractivity contribution < 1.29 is 8.78 Å². The van der Waals surface area contributed by atoms with E-state index in [2.05, 4.69) is 6.92 Å². The van der Waals surface area contributed by atoms with Crippen molar-refractivity contribution in [3.8, 4) is 0 Å². The molecule has 0 aromatic rings. The highest BCUT2D eigenvalue weighted by Crippen LogP contribution is 2.46. The van der Waals surface area contributed by atoms with E-state index in [-0.39, 0.29) is 0 Å². The highest BCUT2D eigenvalue weighted by atomic mass is 19.1. The fourth-order valence-corrected chi connectivity index (χ4v) is 5.46. The van der Waals surface area contributed by atoms with Crippen LogP contribution in [0.5, 0.6) is 0 Å². The van der Waals surface area contributed by atoms with E-state index in [0.717, 1.165) is 50.4 Å². The van der Waals surface area contributed by atoms with Gasteiger partial charge in [0.1, 0.15) is 12.3 Å². The maximum atomic E-state index is 14.3. The Morgan fingerprint density at radius 3 is 1.71 bits per heavy atom. The molecular weight excluding hydrogens is 266 g/mol. The molecule has 0 saturated heterocycles. The van der Waals surface area contributed by atoms with Gasteiger partial charge in [-0.3, -0.25) is 0 Å². The summed E-state index contributed by atoms with van der Waals surface area (Å²) in [5.74, 6) is 3.16. The van der Waals surface area contributed by atoms with Crippen LogP contribution < -0.4 is 0 Å². The van der Waals surface area contributed by atoms with Crippen LogP contribution in [0.3, 0.4) is 0 Å². The van der Waals surface area contributed by atoms with Gasteiger partial charge < -0.3 is 0 Å². The summed E-state index contributed by atoms with van der Waals surface area (Å²) >= 11 is 0. The fourth-order valence-electron chi connectivity index (χ4n) is 5.46. The molecule has 0 aliphatic heterocycles.